The number of aryl methyl sites for hydroxylation is 2. The number of aromatic nitrogens is 4. The maximum Gasteiger partial charge on any atom is 0.233 e. The van der Waals surface area contributed by atoms with Crippen molar-refractivity contribution in [3.63, 3.8) is 0 Å². The number of amides is 1. The lowest BCUT2D eigenvalue weighted by Gasteiger charge is -2.17. The number of carbonyl (C=O) groups is 1. The van der Waals surface area contributed by atoms with Gasteiger partial charge in [-0.05, 0) is 43.7 Å². The summed E-state index contributed by atoms with van der Waals surface area (Å²) in [5, 5.41) is 4.47. The number of carbonyl (C=O) groups excluding carboxylic acids is 1. The lowest BCUT2D eigenvalue weighted by atomic mass is 10.2. The van der Waals surface area contributed by atoms with E-state index in [9.17, 15) is 4.79 Å². The second-order valence-corrected chi connectivity index (χ2v) is 7.05. The fraction of sp³-hybridized carbons (Fsp3) is 0.238. The molecule has 0 fully saturated rings. The zero-order chi connectivity index (χ0) is 20.1. The van der Waals surface area contributed by atoms with Crippen LogP contribution in [0.2, 0.25) is 0 Å². The van der Waals surface area contributed by atoms with Gasteiger partial charge in [-0.1, -0.05) is 12.1 Å². The fourth-order valence-electron chi connectivity index (χ4n) is 3.61. The third-order valence-corrected chi connectivity index (χ3v) is 5.01. The van der Waals surface area contributed by atoms with Crippen LogP contribution < -0.4 is 9.64 Å². The molecule has 0 bridgehead atoms. The normalized spacial score (nSPS) is 13.3. The maximum absolute atomic E-state index is 12.8. The van der Waals surface area contributed by atoms with Crippen molar-refractivity contribution in [3.8, 4) is 17.3 Å². The minimum absolute atomic E-state index is 0.0151. The van der Waals surface area contributed by atoms with Crippen LogP contribution in [0, 0.1) is 13.8 Å². The third-order valence-electron chi connectivity index (χ3n) is 5.01. The van der Waals surface area contributed by atoms with Crippen molar-refractivity contribution < 1.29 is 13.9 Å². The Morgan fingerprint density at radius 1 is 1.10 bits per heavy atom. The highest BCUT2D eigenvalue weighted by Gasteiger charge is 2.33. The van der Waals surface area contributed by atoms with Crippen LogP contribution in [0.5, 0.6) is 5.75 Å². The second kappa shape index (κ2) is 6.44. The SMILES string of the molecule is COc1ccc(CN2C(=O)Cc3c2nc(-c2ccc(C)o2)n2nc(C)nc32)cc1. The van der Waals surface area contributed by atoms with Crippen LogP contribution in [0.4, 0.5) is 5.82 Å². The van der Waals surface area contributed by atoms with Crippen molar-refractivity contribution >= 4 is 17.4 Å². The Bertz CT molecular complexity index is 1240. The van der Waals surface area contributed by atoms with Crippen molar-refractivity contribution in [1.29, 1.82) is 0 Å². The molecule has 4 aromatic rings. The van der Waals surface area contributed by atoms with Crippen LogP contribution in [-0.2, 0) is 17.8 Å². The Hall–Kier alpha value is -3.68. The molecule has 5 rings (SSSR count). The molecule has 8 heteroatoms. The highest BCUT2D eigenvalue weighted by Crippen LogP contribution is 2.34. The molecular formula is C21H19N5O3. The van der Waals surface area contributed by atoms with E-state index in [0.29, 0.717) is 35.4 Å². The molecule has 1 aliphatic heterocycles. The van der Waals surface area contributed by atoms with Crippen LogP contribution in [-0.4, -0.2) is 32.6 Å². The van der Waals surface area contributed by atoms with Gasteiger partial charge < -0.3 is 9.15 Å². The number of anilines is 1. The Labute approximate surface area is 166 Å². The maximum atomic E-state index is 12.8. The molecule has 0 aliphatic carbocycles. The van der Waals surface area contributed by atoms with Crippen molar-refractivity contribution in [2.75, 3.05) is 12.0 Å². The Morgan fingerprint density at radius 3 is 2.59 bits per heavy atom. The van der Waals surface area contributed by atoms with Crippen LogP contribution >= 0.6 is 0 Å². The summed E-state index contributed by atoms with van der Waals surface area (Å²) in [6.07, 6.45) is 0.248. The lowest BCUT2D eigenvalue weighted by molar-refractivity contribution is -0.117. The van der Waals surface area contributed by atoms with Gasteiger partial charge in [0.25, 0.3) is 0 Å². The van der Waals surface area contributed by atoms with E-state index in [1.165, 1.54) is 0 Å². The summed E-state index contributed by atoms with van der Waals surface area (Å²) < 4.78 is 12.7. The van der Waals surface area contributed by atoms with Gasteiger partial charge in [0.1, 0.15) is 23.2 Å². The summed E-state index contributed by atoms with van der Waals surface area (Å²) >= 11 is 0. The van der Waals surface area contributed by atoms with E-state index in [4.69, 9.17) is 14.1 Å². The minimum Gasteiger partial charge on any atom is -0.497 e. The van der Waals surface area contributed by atoms with Crippen LogP contribution in [0.1, 0.15) is 22.7 Å². The van der Waals surface area contributed by atoms with E-state index in [2.05, 4.69) is 10.1 Å². The molecule has 4 heterocycles. The van der Waals surface area contributed by atoms with Gasteiger partial charge in [0.15, 0.2) is 11.4 Å². The number of fused-ring (bicyclic) bond motifs is 3. The van der Waals surface area contributed by atoms with Gasteiger partial charge >= 0.3 is 0 Å². The molecule has 1 aliphatic rings. The van der Waals surface area contributed by atoms with Gasteiger partial charge in [0.2, 0.25) is 11.7 Å². The first kappa shape index (κ1) is 17.4. The topological polar surface area (TPSA) is 85.8 Å². The molecular weight excluding hydrogens is 370 g/mol. The highest BCUT2D eigenvalue weighted by molar-refractivity contribution is 6.02. The molecule has 0 N–H and O–H groups in total. The van der Waals surface area contributed by atoms with E-state index < -0.39 is 0 Å². The molecule has 3 aromatic heterocycles. The number of benzene rings is 1. The smallest absolute Gasteiger partial charge is 0.233 e. The number of nitrogens with zero attached hydrogens (tertiary/aromatic N) is 5. The molecule has 29 heavy (non-hydrogen) atoms. The van der Waals surface area contributed by atoms with Gasteiger partial charge in [0, 0.05) is 5.56 Å². The summed E-state index contributed by atoms with van der Waals surface area (Å²) in [7, 11) is 1.63. The minimum atomic E-state index is -0.0151. The van der Waals surface area contributed by atoms with Gasteiger partial charge in [-0.25, -0.2) is 9.97 Å². The largest absolute Gasteiger partial charge is 0.497 e. The third kappa shape index (κ3) is 2.84. The lowest BCUT2D eigenvalue weighted by Crippen LogP contribution is -2.26. The number of hydrogen-bond acceptors (Lipinski definition) is 6. The number of furan rings is 1. The summed E-state index contributed by atoms with van der Waals surface area (Å²) in [6.45, 7) is 4.12. The van der Waals surface area contributed by atoms with E-state index >= 15 is 0 Å². The highest BCUT2D eigenvalue weighted by atomic mass is 16.5. The molecule has 146 valence electrons. The van der Waals surface area contributed by atoms with Gasteiger partial charge in [-0.15, -0.1) is 5.10 Å². The molecule has 8 nitrogen and oxygen atoms in total. The van der Waals surface area contributed by atoms with Crippen molar-refractivity contribution in [3.05, 3.63) is 59.1 Å². The Balaban J connectivity index is 1.63. The van der Waals surface area contributed by atoms with Crippen LogP contribution in [0.25, 0.3) is 17.2 Å². The average Bonchev–Trinajstić information content (AvgIpc) is 3.39. The standard InChI is InChI=1S/C21H19N5O3/c1-12-4-9-17(29-12)21-23-19-16(20-22-13(2)24-26(20)21)10-18(27)25(19)11-14-5-7-15(28-3)8-6-14/h4-9H,10-11H2,1-3H3. The molecule has 0 unspecified atom stereocenters. The number of ether oxygens (including phenoxy) is 1. The van der Waals surface area contributed by atoms with Gasteiger partial charge in [0.05, 0.1) is 20.1 Å². The van der Waals surface area contributed by atoms with Crippen molar-refractivity contribution in [1.82, 2.24) is 19.6 Å². The first-order chi connectivity index (χ1) is 14.0. The fourth-order valence-corrected chi connectivity index (χ4v) is 3.61. The van der Waals surface area contributed by atoms with Gasteiger partial charge in [-0.2, -0.15) is 4.52 Å². The summed E-state index contributed by atoms with van der Waals surface area (Å²) in [5.74, 6) is 3.87. The first-order valence-corrected chi connectivity index (χ1v) is 9.30. The predicted molar refractivity (Wildman–Crippen MR) is 106 cm³/mol. The van der Waals surface area contributed by atoms with Crippen LogP contribution in [0.15, 0.2) is 40.8 Å². The van der Waals surface area contributed by atoms with E-state index in [1.54, 1.807) is 16.5 Å². The molecule has 0 radical (unpaired) electrons. The van der Waals surface area contributed by atoms with E-state index in [1.807, 2.05) is 50.2 Å². The molecule has 0 atom stereocenters. The van der Waals surface area contributed by atoms with Crippen molar-refractivity contribution in [2.45, 2.75) is 26.8 Å². The Morgan fingerprint density at radius 2 is 1.90 bits per heavy atom. The quantitative estimate of drug-likeness (QED) is 0.533. The van der Waals surface area contributed by atoms with Crippen LogP contribution in [0.3, 0.4) is 0 Å². The molecule has 1 aromatic carbocycles. The number of hydrogen-bond donors (Lipinski definition) is 0. The van der Waals surface area contributed by atoms with Gasteiger partial charge in [-0.3, -0.25) is 9.69 Å². The average molecular weight is 389 g/mol. The number of methoxy groups -OCH3 is 1. The molecule has 0 saturated carbocycles. The Kier molecular flexibility index (Phi) is 3.87. The zero-order valence-electron chi connectivity index (χ0n) is 16.3. The van der Waals surface area contributed by atoms with Crippen molar-refractivity contribution in [2.24, 2.45) is 0 Å². The van der Waals surface area contributed by atoms with E-state index in [-0.39, 0.29) is 12.3 Å². The monoisotopic (exact) mass is 389 g/mol. The summed E-state index contributed by atoms with van der Waals surface area (Å²) in [4.78, 5) is 23.9. The summed E-state index contributed by atoms with van der Waals surface area (Å²) in [5.41, 5.74) is 2.42. The molecule has 0 saturated heterocycles. The second-order valence-electron chi connectivity index (χ2n) is 7.05. The first-order valence-electron chi connectivity index (χ1n) is 9.30. The number of rotatable bonds is 4. The molecule has 0 spiro atoms. The summed E-state index contributed by atoms with van der Waals surface area (Å²) in [6, 6.07) is 11.4. The zero-order valence-corrected chi connectivity index (χ0v) is 16.3. The van der Waals surface area contributed by atoms with E-state index in [0.717, 1.165) is 22.6 Å². The predicted octanol–water partition coefficient (Wildman–Crippen LogP) is 3.10. The molecule has 1 amide bonds.